The number of rotatable bonds is 6. The molecule has 0 spiro atoms. The summed E-state index contributed by atoms with van der Waals surface area (Å²) in [5.41, 5.74) is 1.27. The summed E-state index contributed by atoms with van der Waals surface area (Å²) in [5, 5.41) is 12.9. The zero-order chi connectivity index (χ0) is 14.5. The van der Waals surface area contributed by atoms with Gasteiger partial charge in [0.05, 0.1) is 6.10 Å². The zero-order valence-electron chi connectivity index (χ0n) is 12.8. The van der Waals surface area contributed by atoms with E-state index >= 15 is 0 Å². The summed E-state index contributed by atoms with van der Waals surface area (Å²) in [6.45, 7) is 9.87. The van der Waals surface area contributed by atoms with Gasteiger partial charge in [0.25, 0.3) is 0 Å². The van der Waals surface area contributed by atoms with Crippen LogP contribution < -0.4 is 10.2 Å². The van der Waals surface area contributed by atoms with E-state index in [1.54, 1.807) is 0 Å². The van der Waals surface area contributed by atoms with Crippen molar-refractivity contribution in [3.63, 3.8) is 0 Å². The van der Waals surface area contributed by atoms with Gasteiger partial charge in [0, 0.05) is 37.4 Å². The largest absolute Gasteiger partial charge is 0.393 e. The monoisotopic (exact) mass is 265 g/mol. The molecule has 0 fully saturated rings. The molecule has 0 bridgehead atoms. The molecule has 1 heterocycles. The lowest BCUT2D eigenvalue weighted by Crippen LogP contribution is -2.35. The van der Waals surface area contributed by atoms with Crippen molar-refractivity contribution >= 4 is 5.82 Å². The van der Waals surface area contributed by atoms with Gasteiger partial charge in [-0.3, -0.25) is 0 Å². The standard InChI is InChI=1S/C15H27N3O/c1-12(19)8-10-18(5)14-13(7-6-9-16-14)11-17-15(2,3)4/h6-7,9,12,17,19H,8,10-11H2,1-5H3. The van der Waals surface area contributed by atoms with E-state index in [0.29, 0.717) is 0 Å². The van der Waals surface area contributed by atoms with Gasteiger partial charge in [-0.05, 0) is 40.2 Å². The van der Waals surface area contributed by atoms with Crippen molar-refractivity contribution in [3.8, 4) is 0 Å². The molecule has 1 unspecified atom stereocenters. The highest BCUT2D eigenvalue weighted by Crippen LogP contribution is 2.17. The van der Waals surface area contributed by atoms with Crippen LogP contribution in [-0.4, -0.2) is 35.3 Å². The van der Waals surface area contributed by atoms with E-state index in [9.17, 15) is 5.11 Å². The number of anilines is 1. The van der Waals surface area contributed by atoms with Gasteiger partial charge < -0.3 is 15.3 Å². The smallest absolute Gasteiger partial charge is 0.132 e. The van der Waals surface area contributed by atoms with Crippen LogP contribution in [0.15, 0.2) is 18.3 Å². The Morgan fingerprint density at radius 3 is 2.68 bits per heavy atom. The van der Waals surface area contributed by atoms with Crippen LogP contribution >= 0.6 is 0 Å². The van der Waals surface area contributed by atoms with Gasteiger partial charge in [0.1, 0.15) is 5.82 Å². The van der Waals surface area contributed by atoms with Crippen LogP contribution in [0.2, 0.25) is 0 Å². The van der Waals surface area contributed by atoms with Crippen molar-refractivity contribution in [2.45, 2.75) is 52.3 Å². The first-order valence-corrected chi connectivity index (χ1v) is 6.88. The van der Waals surface area contributed by atoms with Crippen LogP contribution in [-0.2, 0) is 6.54 Å². The molecule has 1 atom stereocenters. The van der Waals surface area contributed by atoms with Gasteiger partial charge in [-0.25, -0.2) is 4.98 Å². The first-order chi connectivity index (χ1) is 8.79. The fourth-order valence-electron chi connectivity index (χ4n) is 1.76. The number of aliphatic hydroxyl groups is 1. The summed E-state index contributed by atoms with van der Waals surface area (Å²) in [5.74, 6) is 0.986. The molecule has 0 aliphatic rings. The predicted octanol–water partition coefficient (Wildman–Crippen LogP) is 2.18. The highest BCUT2D eigenvalue weighted by Gasteiger charge is 2.13. The summed E-state index contributed by atoms with van der Waals surface area (Å²) >= 11 is 0. The molecule has 2 N–H and O–H groups in total. The van der Waals surface area contributed by atoms with Gasteiger partial charge in [-0.2, -0.15) is 0 Å². The Bertz CT molecular complexity index is 385. The van der Waals surface area contributed by atoms with Gasteiger partial charge in [-0.1, -0.05) is 6.07 Å². The average Bonchev–Trinajstić information content (AvgIpc) is 2.33. The fourth-order valence-corrected chi connectivity index (χ4v) is 1.76. The number of hydrogen-bond donors (Lipinski definition) is 2. The van der Waals surface area contributed by atoms with Gasteiger partial charge in [-0.15, -0.1) is 0 Å². The van der Waals surface area contributed by atoms with Crippen LogP contribution in [0.25, 0.3) is 0 Å². The zero-order valence-corrected chi connectivity index (χ0v) is 12.8. The van der Waals surface area contributed by atoms with Crippen LogP contribution in [0.5, 0.6) is 0 Å². The molecular formula is C15H27N3O. The highest BCUT2D eigenvalue weighted by molar-refractivity contribution is 5.45. The number of nitrogens with zero attached hydrogens (tertiary/aromatic N) is 2. The maximum absolute atomic E-state index is 9.37. The van der Waals surface area contributed by atoms with E-state index in [-0.39, 0.29) is 11.6 Å². The van der Waals surface area contributed by atoms with Crippen LogP contribution in [0, 0.1) is 0 Å². The Labute approximate surface area is 116 Å². The Balaban J connectivity index is 2.72. The molecular weight excluding hydrogens is 238 g/mol. The van der Waals surface area contributed by atoms with Gasteiger partial charge in [0.2, 0.25) is 0 Å². The van der Waals surface area contributed by atoms with E-state index in [1.165, 1.54) is 5.56 Å². The topological polar surface area (TPSA) is 48.4 Å². The second-order valence-electron chi connectivity index (χ2n) is 6.15. The fraction of sp³-hybridized carbons (Fsp3) is 0.667. The summed E-state index contributed by atoms with van der Waals surface area (Å²) in [6, 6.07) is 4.06. The summed E-state index contributed by atoms with van der Waals surface area (Å²) < 4.78 is 0. The lowest BCUT2D eigenvalue weighted by molar-refractivity contribution is 0.187. The van der Waals surface area contributed by atoms with Crippen molar-refractivity contribution in [1.82, 2.24) is 10.3 Å². The summed E-state index contributed by atoms with van der Waals surface area (Å²) in [6.07, 6.45) is 2.29. The first kappa shape index (κ1) is 15.9. The molecule has 1 aromatic heterocycles. The maximum atomic E-state index is 9.37. The molecule has 4 nitrogen and oxygen atoms in total. The molecule has 0 saturated carbocycles. The van der Waals surface area contributed by atoms with Crippen molar-refractivity contribution in [3.05, 3.63) is 23.9 Å². The summed E-state index contributed by atoms with van der Waals surface area (Å²) in [7, 11) is 2.02. The maximum Gasteiger partial charge on any atom is 0.132 e. The SMILES string of the molecule is CC(O)CCN(C)c1ncccc1CNC(C)(C)C. The Morgan fingerprint density at radius 1 is 1.42 bits per heavy atom. The second-order valence-corrected chi connectivity index (χ2v) is 6.15. The molecule has 0 aliphatic heterocycles. The number of aromatic nitrogens is 1. The molecule has 0 amide bonds. The molecule has 1 aromatic rings. The van der Waals surface area contributed by atoms with Crippen LogP contribution in [0.4, 0.5) is 5.82 Å². The average molecular weight is 265 g/mol. The molecule has 0 aromatic carbocycles. The third kappa shape index (κ3) is 6.03. The normalized spacial score (nSPS) is 13.4. The van der Waals surface area contributed by atoms with Crippen LogP contribution in [0.3, 0.4) is 0 Å². The highest BCUT2D eigenvalue weighted by atomic mass is 16.3. The minimum absolute atomic E-state index is 0.0886. The van der Waals surface area contributed by atoms with Crippen LogP contribution in [0.1, 0.15) is 39.7 Å². The van der Waals surface area contributed by atoms with Crippen molar-refractivity contribution in [2.75, 3.05) is 18.5 Å². The molecule has 4 heteroatoms. The number of aliphatic hydroxyl groups excluding tert-OH is 1. The Kier molecular flexibility index (Phi) is 5.76. The molecule has 0 aliphatic carbocycles. The van der Waals surface area contributed by atoms with Gasteiger partial charge >= 0.3 is 0 Å². The number of hydrogen-bond acceptors (Lipinski definition) is 4. The Hall–Kier alpha value is -1.13. The van der Waals surface area contributed by atoms with E-state index in [4.69, 9.17) is 0 Å². The quantitative estimate of drug-likeness (QED) is 0.827. The van der Waals surface area contributed by atoms with Crippen molar-refractivity contribution in [2.24, 2.45) is 0 Å². The number of nitrogens with one attached hydrogen (secondary N) is 1. The molecule has 19 heavy (non-hydrogen) atoms. The van der Waals surface area contributed by atoms with E-state index in [1.807, 2.05) is 26.2 Å². The van der Waals surface area contributed by atoms with E-state index in [0.717, 1.165) is 25.3 Å². The molecule has 108 valence electrons. The first-order valence-electron chi connectivity index (χ1n) is 6.88. The second kappa shape index (κ2) is 6.87. The molecule has 0 radical (unpaired) electrons. The Morgan fingerprint density at radius 2 is 2.11 bits per heavy atom. The third-order valence-electron chi connectivity index (χ3n) is 2.92. The number of pyridine rings is 1. The minimum Gasteiger partial charge on any atom is -0.393 e. The summed E-state index contributed by atoms with van der Waals surface area (Å²) in [4.78, 5) is 6.57. The minimum atomic E-state index is -0.276. The van der Waals surface area contributed by atoms with Crippen molar-refractivity contribution < 1.29 is 5.11 Å². The van der Waals surface area contributed by atoms with Crippen molar-refractivity contribution in [1.29, 1.82) is 0 Å². The molecule has 0 saturated heterocycles. The van der Waals surface area contributed by atoms with E-state index in [2.05, 4.69) is 42.0 Å². The third-order valence-corrected chi connectivity index (χ3v) is 2.92. The molecule has 1 rings (SSSR count). The van der Waals surface area contributed by atoms with E-state index < -0.39 is 0 Å². The lowest BCUT2D eigenvalue weighted by atomic mass is 10.1. The predicted molar refractivity (Wildman–Crippen MR) is 80.4 cm³/mol. The lowest BCUT2D eigenvalue weighted by Gasteiger charge is -2.25. The van der Waals surface area contributed by atoms with Gasteiger partial charge in [0.15, 0.2) is 0 Å².